The highest BCUT2D eigenvalue weighted by Crippen LogP contribution is 2.18. The predicted molar refractivity (Wildman–Crippen MR) is 71.3 cm³/mol. The Morgan fingerprint density at radius 3 is 2.38 bits per heavy atom. The summed E-state index contributed by atoms with van der Waals surface area (Å²) in [7, 11) is -4.14. The highest BCUT2D eigenvalue weighted by Gasteiger charge is 2.24. The number of carboxylic acid groups (broad SMARTS) is 1. The molecule has 0 atom stereocenters. The molecule has 0 radical (unpaired) electrons. The number of aromatic carboxylic acids is 1. The third-order valence-corrected chi connectivity index (χ3v) is 3.88. The number of aromatic amines is 1. The molecule has 0 aliphatic heterocycles. The van der Waals surface area contributed by atoms with Gasteiger partial charge in [-0.3, -0.25) is 14.6 Å². The average molecular weight is 310 g/mol. The van der Waals surface area contributed by atoms with E-state index in [-0.39, 0.29) is 11.3 Å². The molecule has 1 aromatic heterocycles. The first kappa shape index (κ1) is 14.5. The van der Waals surface area contributed by atoms with Crippen molar-refractivity contribution in [1.29, 1.82) is 0 Å². The Balaban J connectivity index is 2.31. The first-order valence-electron chi connectivity index (χ1n) is 5.50. The van der Waals surface area contributed by atoms with Crippen LogP contribution in [0.2, 0.25) is 0 Å². The molecule has 2 aromatic rings. The molecule has 0 aliphatic rings. The van der Waals surface area contributed by atoms with Crippen LogP contribution in [0.5, 0.6) is 0 Å². The molecule has 21 heavy (non-hydrogen) atoms. The van der Waals surface area contributed by atoms with Crippen molar-refractivity contribution in [1.82, 2.24) is 10.2 Å². The number of benzene rings is 1. The smallest absolute Gasteiger partial charge is 0.340 e. The second-order valence-corrected chi connectivity index (χ2v) is 5.58. The number of primary amides is 1. The van der Waals surface area contributed by atoms with Crippen molar-refractivity contribution in [2.45, 2.75) is 5.03 Å². The molecule has 0 aliphatic carbocycles. The third-order valence-electron chi connectivity index (χ3n) is 2.53. The Labute approximate surface area is 118 Å². The van der Waals surface area contributed by atoms with Gasteiger partial charge in [-0.15, -0.1) is 0 Å². The van der Waals surface area contributed by atoms with Gasteiger partial charge in [0.15, 0.2) is 5.03 Å². The number of hydrogen-bond acceptors (Lipinski definition) is 5. The van der Waals surface area contributed by atoms with Crippen molar-refractivity contribution in [3.05, 3.63) is 41.6 Å². The monoisotopic (exact) mass is 310 g/mol. The lowest BCUT2D eigenvalue weighted by Crippen LogP contribution is -2.17. The van der Waals surface area contributed by atoms with Crippen LogP contribution in [0, 0.1) is 0 Å². The molecule has 0 bridgehead atoms. The molecule has 2 rings (SSSR count). The second kappa shape index (κ2) is 5.25. The van der Waals surface area contributed by atoms with Gasteiger partial charge in [-0.25, -0.2) is 4.79 Å². The molecule has 0 saturated carbocycles. The summed E-state index contributed by atoms with van der Waals surface area (Å²) in [6.07, 6.45) is 0.896. The van der Waals surface area contributed by atoms with Crippen LogP contribution in [0.15, 0.2) is 35.5 Å². The maximum Gasteiger partial charge on any atom is 0.340 e. The molecule has 0 saturated heterocycles. The van der Waals surface area contributed by atoms with Gasteiger partial charge < -0.3 is 10.8 Å². The number of H-pyrrole nitrogens is 1. The molecule has 110 valence electrons. The fraction of sp³-hybridized carbons (Fsp3) is 0. The maximum atomic E-state index is 12.1. The number of carbonyl (C=O) groups is 2. The summed E-state index contributed by atoms with van der Waals surface area (Å²) in [4.78, 5) is 21.8. The zero-order chi connectivity index (χ0) is 15.6. The van der Waals surface area contributed by atoms with Crippen molar-refractivity contribution < 1.29 is 23.1 Å². The molecular formula is C11H10N4O5S. The van der Waals surface area contributed by atoms with Crippen molar-refractivity contribution in [2.75, 3.05) is 4.72 Å². The number of nitrogens with zero attached hydrogens (tertiary/aromatic N) is 1. The van der Waals surface area contributed by atoms with Gasteiger partial charge in [0.05, 0.1) is 6.20 Å². The first-order valence-corrected chi connectivity index (χ1v) is 6.99. The maximum absolute atomic E-state index is 12.1. The van der Waals surface area contributed by atoms with Crippen LogP contribution in [0.3, 0.4) is 0 Å². The third kappa shape index (κ3) is 3.00. The lowest BCUT2D eigenvalue weighted by atomic mass is 10.2. The van der Waals surface area contributed by atoms with Crippen LogP contribution >= 0.6 is 0 Å². The first-order chi connectivity index (χ1) is 9.81. The van der Waals surface area contributed by atoms with Gasteiger partial charge in [-0.1, -0.05) is 0 Å². The van der Waals surface area contributed by atoms with Crippen LogP contribution in [0.4, 0.5) is 5.69 Å². The molecule has 1 aromatic carbocycles. The summed E-state index contributed by atoms with van der Waals surface area (Å²) in [5, 5.41) is 13.8. The molecule has 0 fully saturated rings. The van der Waals surface area contributed by atoms with Crippen LogP contribution in [-0.2, 0) is 10.0 Å². The SMILES string of the molecule is NC(=O)c1ccc(NS(=O)(=O)c2[nH]ncc2C(=O)O)cc1. The van der Waals surface area contributed by atoms with E-state index in [4.69, 9.17) is 10.8 Å². The molecule has 1 heterocycles. The number of nitrogens with two attached hydrogens (primary N) is 1. The normalized spacial score (nSPS) is 11.0. The van der Waals surface area contributed by atoms with Crippen LogP contribution in [0.25, 0.3) is 0 Å². The number of amides is 1. The van der Waals surface area contributed by atoms with Gasteiger partial charge in [-0.05, 0) is 24.3 Å². The van der Waals surface area contributed by atoms with Crippen LogP contribution in [-0.4, -0.2) is 35.6 Å². The number of sulfonamides is 1. The zero-order valence-electron chi connectivity index (χ0n) is 10.4. The van der Waals surface area contributed by atoms with E-state index in [9.17, 15) is 18.0 Å². The summed E-state index contributed by atoms with van der Waals surface area (Å²) in [5.41, 5.74) is 4.95. The second-order valence-electron chi connectivity index (χ2n) is 3.97. The zero-order valence-corrected chi connectivity index (χ0v) is 11.2. The van der Waals surface area contributed by atoms with Gasteiger partial charge >= 0.3 is 5.97 Å². The summed E-state index contributed by atoms with van der Waals surface area (Å²) in [5.74, 6) is -2.07. The van der Waals surface area contributed by atoms with E-state index < -0.39 is 32.5 Å². The minimum atomic E-state index is -4.14. The van der Waals surface area contributed by atoms with Gasteiger partial charge in [0.1, 0.15) is 5.56 Å². The van der Waals surface area contributed by atoms with E-state index in [1.165, 1.54) is 24.3 Å². The van der Waals surface area contributed by atoms with E-state index in [0.717, 1.165) is 6.20 Å². The molecule has 10 heteroatoms. The van der Waals surface area contributed by atoms with E-state index >= 15 is 0 Å². The van der Waals surface area contributed by atoms with Gasteiger partial charge in [0.2, 0.25) is 5.91 Å². The summed E-state index contributed by atoms with van der Waals surface area (Å²) in [6, 6.07) is 5.33. The number of anilines is 1. The van der Waals surface area contributed by atoms with Gasteiger partial charge in [0, 0.05) is 11.3 Å². The highest BCUT2D eigenvalue weighted by molar-refractivity contribution is 7.92. The summed E-state index contributed by atoms with van der Waals surface area (Å²) < 4.78 is 26.3. The standard InChI is InChI=1S/C11H10N4O5S/c12-9(16)6-1-3-7(4-2-6)15-21(19,20)10-8(11(17)18)5-13-14-10/h1-5,15H,(H2,12,16)(H,13,14)(H,17,18). The molecule has 9 nitrogen and oxygen atoms in total. The van der Waals surface area contributed by atoms with E-state index in [1.54, 1.807) is 0 Å². The molecule has 5 N–H and O–H groups in total. The van der Waals surface area contributed by atoms with Crippen molar-refractivity contribution >= 4 is 27.6 Å². The molecular weight excluding hydrogens is 300 g/mol. The number of carboxylic acids is 1. The Morgan fingerprint density at radius 1 is 1.24 bits per heavy atom. The number of aromatic nitrogens is 2. The molecule has 0 unspecified atom stereocenters. The Kier molecular flexibility index (Phi) is 3.63. The van der Waals surface area contributed by atoms with E-state index in [2.05, 4.69) is 14.9 Å². The van der Waals surface area contributed by atoms with E-state index in [0.29, 0.717) is 0 Å². The highest BCUT2D eigenvalue weighted by atomic mass is 32.2. The molecule has 1 amide bonds. The number of nitrogens with one attached hydrogen (secondary N) is 2. The number of carbonyl (C=O) groups excluding carboxylic acids is 1. The molecule has 0 spiro atoms. The van der Waals surface area contributed by atoms with Crippen LogP contribution < -0.4 is 10.5 Å². The Bertz CT molecular complexity index is 794. The fourth-order valence-corrected chi connectivity index (χ4v) is 2.69. The lowest BCUT2D eigenvalue weighted by Gasteiger charge is -2.07. The van der Waals surface area contributed by atoms with E-state index in [1.807, 2.05) is 0 Å². The Morgan fingerprint density at radius 2 is 1.86 bits per heavy atom. The largest absolute Gasteiger partial charge is 0.478 e. The quantitative estimate of drug-likeness (QED) is 0.609. The number of hydrogen-bond donors (Lipinski definition) is 4. The average Bonchev–Trinajstić information content (AvgIpc) is 2.89. The predicted octanol–water partition coefficient (Wildman–Crippen LogP) is 0.00760. The van der Waals surface area contributed by atoms with Gasteiger partial charge in [0.25, 0.3) is 10.0 Å². The Hall–Kier alpha value is -2.88. The van der Waals surface area contributed by atoms with Crippen LogP contribution in [0.1, 0.15) is 20.7 Å². The van der Waals surface area contributed by atoms with Gasteiger partial charge in [-0.2, -0.15) is 13.5 Å². The summed E-state index contributed by atoms with van der Waals surface area (Å²) in [6.45, 7) is 0. The van der Waals surface area contributed by atoms with Crippen molar-refractivity contribution in [3.8, 4) is 0 Å². The number of rotatable bonds is 5. The topological polar surface area (TPSA) is 155 Å². The lowest BCUT2D eigenvalue weighted by molar-refractivity contribution is 0.0692. The minimum Gasteiger partial charge on any atom is -0.478 e. The van der Waals surface area contributed by atoms with Crippen molar-refractivity contribution in [2.24, 2.45) is 5.73 Å². The minimum absolute atomic E-state index is 0.144. The fourth-order valence-electron chi connectivity index (χ4n) is 1.54. The summed E-state index contributed by atoms with van der Waals surface area (Å²) >= 11 is 0. The van der Waals surface area contributed by atoms with Crippen molar-refractivity contribution in [3.63, 3.8) is 0 Å².